The fraction of sp³-hybridized carbons (Fsp3) is 0.267. The number of furan rings is 1. The molecule has 5 heteroatoms. The highest BCUT2D eigenvalue weighted by atomic mass is 16.5. The maximum Gasteiger partial charge on any atom is 0.252 e. The standard InChI is InChI=1S/C15H17NO4/c1-10(12-5-4-8-20-12)16-15(17)11-6-7-13(18-2)14(9-11)19-3/h4-10H,1-3H3,(H,16,17)/t10-/m0/s1. The molecule has 1 atom stereocenters. The second-order valence-electron chi connectivity index (χ2n) is 4.28. The zero-order valence-electron chi connectivity index (χ0n) is 11.7. The number of rotatable bonds is 5. The number of carbonyl (C=O) groups is 1. The zero-order chi connectivity index (χ0) is 14.5. The van der Waals surface area contributed by atoms with E-state index < -0.39 is 0 Å². The number of carbonyl (C=O) groups excluding carboxylic acids is 1. The number of benzene rings is 1. The van der Waals surface area contributed by atoms with Crippen LogP contribution in [0, 0.1) is 0 Å². The number of nitrogens with one attached hydrogen (secondary N) is 1. The minimum atomic E-state index is -0.203. The van der Waals surface area contributed by atoms with E-state index in [0.717, 1.165) is 0 Å². The lowest BCUT2D eigenvalue weighted by Gasteiger charge is -2.13. The molecule has 0 saturated heterocycles. The van der Waals surface area contributed by atoms with Crippen molar-refractivity contribution in [3.63, 3.8) is 0 Å². The van der Waals surface area contributed by atoms with Crippen molar-refractivity contribution < 1.29 is 18.7 Å². The molecule has 0 radical (unpaired) electrons. The summed E-state index contributed by atoms with van der Waals surface area (Å²) in [6.45, 7) is 1.86. The van der Waals surface area contributed by atoms with Gasteiger partial charge in [-0.1, -0.05) is 0 Å². The van der Waals surface area contributed by atoms with Gasteiger partial charge in [-0.15, -0.1) is 0 Å². The first-order valence-electron chi connectivity index (χ1n) is 6.22. The van der Waals surface area contributed by atoms with E-state index in [4.69, 9.17) is 13.9 Å². The van der Waals surface area contributed by atoms with Crippen molar-refractivity contribution >= 4 is 5.91 Å². The maximum absolute atomic E-state index is 12.2. The molecule has 0 fully saturated rings. The summed E-state index contributed by atoms with van der Waals surface area (Å²) in [6.07, 6.45) is 1.58. The molecule has 106 valence electrons. The molecular weight excluding hydrogens is 258 g/mol. The molecule has 0 aliphatic rings. The zero-order valence-corrected chi connectivity index (χ0v) is 11.7. The quantitative estimate of drug-likeness (QED) is 0.911. The largest absolute Gasteiger partial charge is 0.493 e. The molecule has 5 nitrogen and oxygen atoms in total. The van der Waals surface area contributed by atoms with Crippen molar-refractivity contribution in [2.24, 2.45) is 0 Å². The molecule has 0 bridgehead atoms. The molecule has 2 rings (SSSR count). The molecule has 1 N–H and O–H groups in total. The number of ether oxygens (including phenoxy) is 2. The van der Waals surface area contributed by atoms with Gasteiger partial charge in [0.15, 0.2) is 11.5 Å². The van der Waals surface area contributed by atoms with Gasteiger partial charge in [-0.25, -0.2) is 0 Å². The van der Waals surface area contributed by atoms with Crippen LogP contribution in [0.2, 0.25) is 0 Å². The monoisotopic (exact) mass is 275 g/mol. The van der Waals surface area contributed by atoms with Crippen LogP contribution in [0.25, 0.3) is 0 Å². The summed E-state index contributed by atoms with van der Waals surface area (Å²) in [5, 5.41) is 2.86. The van der Waals surface area contributed by atoms with Gasteiger partial charge in [0.25, 0.3) is 5.91 Å². The molecule has 20 heavy (non-hydrogen) atoms. The highest BCUT2D eigenvalue weighted by Crippen LogP contribution is 2.27. The van der Waals surface area contributed by atoms with E-state index in [9.17, 15) is 4.79 Å². The van der Waals surface area contributed by atoms with Crippen LogP contribution in [0.15, 0.2) is 41.0 Å². The Morgan fingerprint density at radius 3 is 2.55 bits per heavy atom. The molecule has 0 aliphatic carbocycles. The minimum absolute atomic E-state index is 0.199. The van der Waals surface area contributed by atoms with E-state index in [1.165, 1.54) is 7.11 Å². The molecule has 0 unspecified atom stereocenters. The minimum Gasteiger partial charge on any atom is -0.493 e. The first-order valence-corrected chi connectivity index (χ1v) is 6.22. The third-order valence-electron chi connectivity index (χ3n) is 2.96. The first kappa shape index (κ1) is 14.0. The number of hydrogen-bond acceptors (Lipinski definition) is 4. The highest BCUT2D eigenvalue weighted by Gasteiger charge is 2.15. The Hall–Kier alpha value is -2.43. The van der Waals surface area contributed by atoms with E-state index in [0.29, 0.717) is 22.8 Å². The lowest BCUT2D eigenvalue weighted by Crippen LogP contribution is -2.26. The topological polar surface area (TPSA) is 60.7 Å². The third kappa shape index (κ3) is 2.93. The van der Waals surface area contributed by atoms with Crippen LogP contribution < -0.4 is 14.8 Å². The molecule has 1 aromatic heterocycles. The normalized spacial score (nSPS) is 11.8. The van der Waals surface area contributed by atoms with E-state index >= 15 is 0 Å². The van der Waals surface area contributed by atoms with Gasteiger partial charge < -0.3 is 19.2 Å². The van der Waals surface area contributed by atoms with Crippen molar-refractivity contribution in [1.82, 2.24) is 5.32 Å². The molecule has 2 aromatic rings. The smallest absolute Gasteiger partial charge is 0.252 e. The summed E-state index contributed by atoms with van der Waals surface area (Å²) in [7, 11) is 3.08. The Bertz CT molecular complexity index is 578. The number of amides is 1. The van der Waals surface area contributed by atoms with Crippen molar-refractivity contribution in [3.8, 4) is 11.5 Å². The van der Waals surface area contributed by atoms with E-state index in [-0.39, 0.29) is 11.9 Å². The summed E-state index contributed by atoms with van der Waals surface area (Å²) in [5.41, 5.74) is 0.501. The predicted molar refractivity (Wildman–Crippen MR) is 74.1 cm³/mol. The Morgan fingerprint density at radius 2 is 1.95 bits per heavy atom. The van der Waals surface area contributed by atoms with Crippen molar-refractivity contribution in [2.45, 2.75) is 13.0 Å². The van der Waals surface area contributed by atoms with E-state index in [1.54, 1.807) is 37.6 Å². The van der Waals surface area contributed by atoms with Gasteiger partial charge in [-0.2, -0.15) is 0 Å². The Balaban J connectivity index is 2.13. The third-order valence-corrected chi connectivity index (χ3v) is 2.96. The molecule has 1 aromatic carbocycles. The molecule has 0 aliphatic heterocycles. The molecule has 1 heterocycles. The van der Waals surface area contributed by atoms with Crippen LogP contribution in [-0.4, -0.2) is 20.1 Å². The average molecular weight is 275 g/mol. The van der Waals surface area contributed by atoms with Gasteiger partial charge in [-0.3, -0.25) is 4.79 Å². The lowest BCUT2D eigenvalue weighted by molar-refractivity contribution is 0.0935. The van der Waals surface area contributed by atoms with Crippen LogP contribution >= 0.6 is 0 Å². The van der Waals surface area contributed by atoms with E-state index in [2.05, 4.69) is 5.32 Å². The predicted octanol–water partition coefficient (Wildman–Crippen LogP) is 2.79. The molecular formula is C15H17NO4. The lowest BCUT2D eigenvalue weighted by atomic mass is 10.1. The van der Waals surface area contributed by atoms with Gasteiger partial charge in [0.05, 0.1) is 26.5 Å². The fourth-order valence-electron chi connectivity index (χ4n) is 1.87. The average Bonchev–Trinajstić information content (AvgIpc) is 3.00. The second kappa shape index (κ2) is 6.14. The van der Waals surface area contributed by atoms with Crippen molar-refractivity contribution in [1.29, 1.82) is 0 Å². The Labute approximate surface area is 117 Å². The van der Waals surface area contributed by atoms with E-state index in [1.807, 2.05) is 13.0 Å². The highest BCUT2D eigenvalue weighted by molar-refractivity contribution is 5.95. The van der Waals surface area contributed by atoms with Crippen LogP contribution in [0.1, 0.15) is 29.1 Å². The van der Waals surface area contributed by atoms with Gasteiger partial charge in [-0.05, 0) is 37.3 Å². The maximum atomic E-state index is 12.2. The Morgan fingerprint density at radius 1 is 1.20 bits per heavy atom. The summed E-state index contributed by atoms with van der Waals surface area (Å²) < 4.78 is 15.6. The van der Waals surface area contributed by atoms with Crippen LogP contribution in [0.5, 0.6) is 11.5 Å². The van der Waals surface area contributed by atoms with Crippen LogP contribution in [-0.2, 0) is 0 Å². The van der Waals surface area contributed by atoms with Crippen molar-refractivity contribution in [3.05, 3.63) is 47.9 Å². The summed E-state index contributed by atoms with van der Waals surface area (Å²) >= 11 is 0. The summed E-state index contributed by atoms with van der Waals surface area (Å²) in [4.78, 5) is 12.2. The van der Waals surface area contributed by atoms with Crippen molar-refractivity contribution in [2.75, 3.05) is 14.2 Å². The van der Waals surface area contributed by atoms with Gasteiger partial charge in [0, 0.05) is 5.56 Å². The second-order valence-corrected chi connectivity index (χ2v) is 4.28. The van der Waals surface area contributed by atoms with Crippen LogP contribution in [0.3, 0.4) is 0 Å². The molecule has 0 spiro atoms. The summed E-state index contributed by atoms with van der Waals surface area (Å²) in [5.74, 6) is 1.61. The Kier molecular flexibility index (Phi) is 4.30. The first-order chi connectivity index (χ1) is 9.65. The molecule has 0 saturated carbocycles. The molecule has 1 amide bonds. The number of hydrogen-bond donors (Lipinski definition) is 1. The SMILES string of the molecule is COc1ccc(C(=O)N[C@@H](C)c2ccco2)cc1OC. The summed E-state index contributed by atoms with van der Waals surface area (Å²) in [6, 6.07) is 8.43. The number of methoxy groups -OCH3 is 2. The van der Waals surface area contributed by atoms with Crippen LogP contribution in [0.4, 0.5) is 0 Å². The van der Waals surface area contributed by atoms with Gasteiger partial charge in [0.2, 0.25) is 0 Å². The van der Waals surface area contributed by atoms with Gasteiger partial charge in [0.1, 0.15) is 5.76 Å². The van der Waals surface area contributed by atoms with Gasteiger partial charge >= 0.3 is 0 Å². The fourth-order valence-corrected chi connectivity index (χ4v) is 1.87.